The molecule has 0 aromatic carbocycles. The van der Waals surface area contributed by atoms with Gasteiger partial charge in [0.1, 0.15) is 5.82 Å². The van der Waals surface area contributed by atoms with Gasteiger partial charge in [-0.05, 0) is 42.4 Å². The molecule has 0 radical (unpaired) electrons. The van der Waals surface area contributed by atoms with Crippen LogP contribution < -0.4 is 5.32 Å². The Morgan fingerprint density at radius 2 is 2.29 bits per heavy atom. The van der Waals surface area contributed by atoms with E-state index in [4.69, 9.17) is 0 Å². The van der Waals surface area contributed by atoms with Crippen molar-refractivity contribution in [3.63, 3.8) is 0 Å². The van der Waals surface area contributed by atoms with E-state index in [9.17, 15) is 0 Å². The Labute approximate surface area is 114 Å². The average molecular weight is 285 g/mol. The second-order valence-corrected chi connectivity index (χ2v) is 6.75. The summed E-state index contributed by atoms with van der Waals surface area (Å²) < 4.78 is 5.23. The number of aromatic nitrogens is 2. The molecule has 6 heteroatoms. The van der Waals surface area contributed by atoms with Crippen molar-refractivity contribution in [3.8, 4) is 0 Å². The molecule has 0 bridgehead atoms. The molecule has 0 aliphatic rings. The van der Waals surface area contributed by atoms with E-state index in [1.807, 2.05) is 18.3 Å². The second-order valence-electron chi connectivity index (χ2n) is 3.66. The highest BCUT2D eigenvalue weighted by Crippen LogP contribution is 2.19. The number of aryl methyl sites for hydroxylation is 2. The van der Waals surface area contributed by atoms with Crippen molar-refractivity contribution in [1.82, 2.24) is 14.7 Å². The third-order valence-electron chi connectivity index (χ3n) is 2.27. The molecular formula is C11H15N3S3. The average Bonchev–Trinajstić information content (AvgIpc) is 2.88. The van der Waals surface area contributed by atoms with Gasteiger partial charge in [0.05, 0.1) is 0 Å². The minimum absolute atomic E-state index is 0.875. The Bertz CT molecular complexity index is 464. The van der Waals surface area contributed by atoms with Crippen LogP contribution in [0.2, 0.25) is 0 Å². The van der Waals surface area contributed by atoms with Crippen molar-refractivity contribution in [2.45, 2.75) is 24.7 Å². The van der Waals surface area contributed by atoms with Gasteiger partial charge in [-0.2, -0.15) is 4.37 Å². The molecule has 0 fully saturated rings. The van der Waals surface area contributed by atoms with E-state index in [1.54, 1.807) is 11.8 Å². The summed E-state index contributed by atoms with van der Waals surface area (Å²) in [6, 6.07) is 2.17. The number of rotatable bonds is 6. The predicted molar refractivity (Wildman–Crippen MR) is 76.1 cm³/mol. The molecule has 1 N–H and O–H groups in total. The van der Waals surface area contributed by atoms with Crippen molar-refractivity contribution in [2.24, 2.45) is 0 Å². The van der Waals surface area contributed by atoms with E-state index >= 15 is 0 Å². The first-order valence-corrected chi connectivity index (χ1v) is 8.06. The van der Waals surface area contributed by atoms with Gasteiger partial charge in [0.25, 0.3) is 0 Å². The fourth-order valence-electron chi connectivity index (χ4n) is 1.33. The summed E-state index contributed by atoms with van der Waals surface area (Å²) in [6.07, 6.45) is 0. The van der Waals surface area contributed by atoms with E-state index in [0.29, 0.717) is 0 Å². The van der Waals surface area contributed by atoms with Gasteiger partial charge in [0.2, 0.25) is 0 Å². The highest BCUT2D eigenvalue weighted by Gasteiger charge is 2.01. The van der Waals surface area contributed by atoms with Crippen LogP contribution in [0.15, 0.2) is 15.8 Å². The molecular weight excluding hydrogens is 270 g/mol. The maximum absolute atomic E-state index is 4.32. The minimum Gasteiger partial charge on any atom is -0.311 e. The quantitative estimate of drug-likeness (QED) is 0.654. The van der Waals surface area contributed by atoms with Crippen LogP contribution in [0.1, 0.15) is 16.3 Å². The van der Waals surface area contributed by atoms with Gasteiger partial charge in [-0.3, -0.25) is 0 Å². The number of nitrogens with one attached hydrogen (secondary N) is 1. The lowest BCUT2D eigenvalue weighted by molar-refractivity contribution is 0.738. The Morgan fingerprint density at radius 1 is 1.41 bits per heavy atom. The van der Waals surface area contributed by atoms with Crippen LogP contribution in [0.4, 0.5) is 0 Å². The van der Waals surface area contributed by atoms with Crippen LogP contribution in [-0.2, 0) is 6.54 Å². The number of nitrogens with zero attached hydrogens (tertiary/aromatic N) is 2. The summed E-state index contributed by atoms with van der Waals surface area (Å²) >= 11 is 5.07. The van der Waals surface area contributed by atoms with Crippen LogP contribution in [0.3, 0.4) is 0 Å². The summed E-state index contributed by atoms with van der Waals surface area (Å²) in [5, 5.41) is 5.60. The minimum atomic E-state index is 0.875. The van der Waals surface area contributed by atoms with Gasteiger partial charge < -0.3 is 5.32 Å². The summed E-state index contributed by atoms with van der Waals surface area (Å²) in [7, 11) is 0. The molecule has 3 nitrogen and oxygen atoms in total. The highest BCUT2D eigenvalue weighted by molar-refractivity contribution is 8.00. The molecule has 0 aliphatic carbocycles. The van der Waals surface area contributed by atoms with E-state index in [1.165, 1.54) is 22.0 Å². The van der Waals surface area contributed by atoms with Crippen molar-refractivity contribution in [2.75, 3.05) is 12.3 Å². The molecule has 2 rings (SSSR count). The molecule has 0 saturated carbocycles. The molecule has 2 aromatic heterocycles. The molecule has 0 saturated heterocycles. The third-order valence-corrected chi connectivity index (χ3v) is 5.22. The maximum Gasteiger partial charge on any atom is 0.170 e. The van der Waals surface area contributed by atoms with E-state index in [2.05, 4.69) is 33.0 Å². The molecule has 0 spiro atoms. The van der Waals surface area contributed by atoms with E-state index < -0.39 is 0 Å². The van der Waals surface area contributed by atoms with Crippen LogP contribution >= 0.6 is 34.6 Å². The molecule has 0 aliphatic heterocycles. The first-order chi connectivity index (χ1) is 8.25. The van der Waals surface area contributed by atoms with Gasteiger partial charge in [0, 0.05) is 23.7 Å². The molecule has 0 amide bonds. The second kappa shape index (κ2) is 6.49. The van der Waals surface area contributed by atoms with Crippen molar-refractivity contribution >= 4 is 34.6 Å². The van der Waals surface area contributed by atoms with Gasteiger partial charge >= 0.3 is 0 Å². The SMILES string of the molecule is Cc1nsc(SCCNCc2sccc2C)n1. The lowest BCUT2D eigenvalue weighted by atomic mass is 10.3. The predicted octanol–water partition coefficient (Wildman–Crippen LogP) is 3.10. The molecule has 0 unspecified atom stereocenters. The van der Waals surface area contributed by atoms with Crippen molar-refractivity contribution in [3.05, 3.63) is 27.7 Å². The fraction of sp³-hybridized carbons (Fsp3) is 0.455. The Hall–Kier alpha value is -0.430. The molecule has 0 atom stereocenters. The fourth-order valence-corrected chi connectivity index (χ4v) is 3.82. The van der Waals surface area contributed by atoms with Crippen LogP contribution in [0.25, 0.3) is 0 Å². The Balaban J connectivity index is 1.62. The standard InChI is InChI=1S/C11H15N3S3/c1-8-3-5-15-10(8)7-12-4-6-16-11-13-9(2)14-17-11/h3,5,12H,4,6-7H2,1-2H3. The summed E-state index contributed by atoms with van der Waals surface area (Å²) in [4.78, 5) is 5.75. The van der Waals surface area contributed by atoms with Gasteiger partial charge in [-0.15, -0.1) is 11.3 Å². The van der Waals surface area contributed by atoms with Gasteiger partial charge in [-0.25, -0.2) is 4.98 Å². The first-order valence-electron chi connectivity index (χ1n) is 5.42. The van der Waals surface area contributed by atoms with Crippen molar-refractivity contribution in [1.29, 1.82) is 0 Å². The zero-order valence-corrected chi connectivity index (χ0v) is 12.3. The number of thiophene rings is 1. The van der Waals surface area contributed by atoms with Crippen molar-refractivity contribution < 1.29 is 0 Å². The molecule has 92 valence electrons. The van der Waals surface area contributed by atoms with Crippen LogP contribution in [-0.4, -0.2) is 21.7 Å². The monoisotopic (exact) mass is 285 g/mol. The first kappa shape index (κ1) is 13.0. The van der Waals surface area contributed by atoms with E-state index in [-0.39, 0.29) is 0 Å². The summed E-state index contributed by atoms with van der Waals surface area (Å²) in [6.45, 7) is 6.06. The summed E-state index contributed by atoms with van der Waals surface area (Å²) in [5.41, 5.74) is 1.38. The molecule has 2 heterocycles. The zero-order chi connectivity index (χ0) is 12.1. The number of hydrogen-bond acceptors (Lipinski definition) is 6. The maximum atomic E-state index is 4.32. The Kier molecular flexibility index (Phi) is 4.97. The number of hydrogen-bond donors (Lipinski definition) is 1. The normalized spacial score (nSPS) is 10.9. The summed E-state index contributed by atoms with van der Waals surface area (Å²) in [5.74, 6) is 1.92. The smallest absolute Gasteiger partial charge is 0.170 e. The number of thioether (sulfide) groups is 1. The van der Waals surface area contributed by atoms with Crippen LogP contribution in [0.5, 0.6) is 0 Å². The van der Waals surface area contributed by atoms with Gasteiger partial charge in [0.15, 0.2) is 4.34 Å². The lowest BCUT2D eigenvalue weighted by Gasteiger charge is -2.02. The highest BCUT2D eigenvalue weighted by atomic mass is 32.2. The third kappa shape index (κ3) is 4.06. The molecule has 17 heavy (non-hydrogen) atoms. The largest absolute Gasteiger partial charge is 0.311 e. The van der Waals surface area contributed by atoms with Gasteiger partial charge in [-0.1, -0.05) is 11.8 Å². The lowest BCUT2D eigenvalue weighted by Crippen LogP contribution is -2.16. The van der Waals surface area contributed by atoms with Crippen LogP contribution in [0, 0.1) is 13.8 Å². The molecule has 2 aromatic rings. The zero-order valence-electron chi connectivity index (χ0n) is 9.90. The van der Waals surface area contributed by atoms with E-state index in [0.717, 1.165) is 29.0 Å². The Morgan fingerprint density at radius 3 is 2.94 bits per heavy atom. The topological polar surface area (TPSA) is 37.8 Å².